The van der Waals surface area contributed by atoms with E-state index in [9.17, 15) is 19.5 Å². The largest absolute Gasteiger partial charge is 0.508 e. The molecule has 1 aliphatic carbocycles. The first kappa shape index (κ1) is 29.2. The van der Waals surface area contributed by atoms with E-state index in [4.69, 9.17) is 9.47 Å². The van der Waals surface area contributed by atoms with E-state index in [0.29, 0.717) is 22.4 Å². The number of carbonyl (C=O) groups excluding carboxylic acids is 2. The van der Waals surface area contributed by atoms with Gasteiger partial charge in [0.2, 0.25) is 0 Å². The summed E-state index contributed by atoms with van der Waals surface area (Å²) in [5.41, 5.74) is 3.79. The average Bonchev–Trinajstić information content (AvgIpc) is 3.42. The highest BCUT2D eigenvalue weighted by molar-refractivity contribution is 6.13. The minimum Gasteiger partial charge on any atom is -0.508 e. The summed E-state index contributed by atoms with van der Waals surface area (Å²) in [6, 6.07) is 18.6. The molecule has 0 spiro atoms. The van der Waals surface area contributed by atoms with Crippen molar-refractivity contribution in [1.82, 2.24) is 18.9 Å². The van der Waals surface area contributed by atoms with Crippen molar-refractivity contribution < 1.29 is 24.2 Å². The van der Waals surface area contributed by atoms with E-state index in [1.165, 1.54) is 42.8 Å². The summed E-state index contributed by atoms with van der Waals surface area (Å²) >= 11 is 0. The van der Waals surface area contributed by atoms with Crippen LogP contribution in [0, 0.1) is 12.8 Å². The van der Waals surface area contributed by atoms with Crippen LogP contribution in [0.4, 0.5) is 5.69 Å². The zero-order valence-electron chi connectivity index (χ0n) is 25.8. The first-order chi connectivity index (χ1) is 22.1. The molecule has 2 N–H and O–H groups in total. The molecule has 46 heavy (non-hydrogen) atoms. The fourth-order valence-corrected chi connectivity index (χ4v) is 7.64. The maximum Gasteiger partial charge on any atom is 0.347 e. The molecule has 4 unspecified atom stereocenters. The molecule has 236 valence electrons. The molecule has 12 heteroatoms. The van der Waals surface area contributed by atoms with Crippen LogP contribution in [-0.4, -0.2) is 50.1 Å². The number of nitrogens with one attached hydrogen (secondary N) is 1. The molecule has 3 heterocycles. The maximum atomic E-state index is 15.2. The minimum atomic E-state index is -1.53. The minimum absolute atomic E-state index is 0.0694. The number of aryl methyl sites for hydroxylation is 1. The number of rotatable bonds is 6. The fraction of sp³-hybridized carbons (Fsp3) is 0.294. The Morgan fingerprint density at radius 2 is 1.57 bits per heavy atom. The van der Waals surface area contributed by atoms with Gasteiger partial charge in [0.05, 0.1) is 43.8 Å². The first-order valence-electron chi connectivity index (χ1n) is 14.9. The molecule has 0 radical (unpaired) electrons. The Kier molecular flexibility index (Phi) is 6.69. The Morgan fingerprint density at radius 3 is 2.20 bits per heavy atom. The van der Waals surface area contributed by atoms with Crippen LogP contribution >= 0.6 is 0 Å². The lowest BCUT2D eigenvalue weighted by atomic mass is 9.53. The number of aromatic hydroxyl groups is 1. The molecule has 1 aromatic heterocycles. The van der Waals surface area contributed by atoms with Crippen LogP contribution < -0.4 is 26.3 Å². The summed E-state index contributed by atoms with van der Waals surface area (Å²) in [5, 5.41) is 11.7. The molecule has 3 aliphatic rings. The van der Waals surface area contributed by atoms with Crippen LogP contribution in [-0.2, 0) is 28.6 Å². The Morgan fingerprint density at radius 1 is 0.913 bits per heavy atom. The highest BCUT2D eigenvalue weighted by atomic mass is 16.5. The molecule has 12 nitrogen and oxygen atoms in total. The lowest BCUT2D eigenvalue weighted by Crippen LogP contribution is -2.53. The Balaban J connectivity index is 1.55. The van der Waals surface area contributed by atoms with E-state index in [0.717, 1.165) is 15.1 Å². The van der Waals surface area contributed by atoms with Gasteiger partial charge in [0, 0.05) is 30.7 Å². The van der Waals surface area contributed by atoms with E-state index in [-0.39, 0.29) is 30.2 Å². The molecule has 1 saturated heterocycles. The van der Waals surface area contributed by atoms with Crippen molar-refractivity contribution in [3.8, 4) is 17.2 Å². The number of benzene rings is 3. The second kappa shape index (κ2) is 10.5. The fourth-order valence-electron chi connectivity index (χ4n) is 7.64. The third-order valence-electron chi connectivity index (χ3n) is 9.66. The second-order valence-corrected chi connectivity index (χ2v) is 11.9. The Labute approximate surface area is 263 Å². The van der Waals surface area contributed by atoms with E-state index in [1.54, 1.807) is 12.1 Å². The number of phenolic OH excluding ortho intramolecular Hbond substituents is 1. The topological polar surface area (TPSA) is 137 Å². The van der Waals surface area contributed by atoms with Crippen LogP contribution in [0.15, 0.2) is 88.0 Å². The van der Waals surface area contributed by atoms with Gasteiger partial charge in [0.25, 0.3) is 11.8 Å². The van der Waals surface area contributed by atoms with Crippen LogP contribution in [0.1, 0.15) is 35.1 Å². The number of hydrogen-bond acceptors (Lipinski definition) is 8. The first-order valence-corrected chi connectivity index (χ1v) is 14.9. The third kappa shape index (κ3) is 3.92. The number of methoxy groups -OCH3 is 2. The maximum absolute atomic E-state index is 15.2. The van der Waals surface area contributed by atoms with E-state index >= 15 is 4.79 Å². The summed E-state index contributed by atoms with van der Waals surface area (Å²) in [7, 11) is 4.32. The summed E-state index contributed by atoms with van der Waals surface area (Å²) in [5.74, 6) is -2.49. The number of phenols is 1. The number of hydrazine groups is 1. The van der Waals surface area contributed by atoms with Gasteiger partial charge >= 0.3 is 11.4 Å². The molecular weight excluding hydrogens is 590 g/mol. The van der Waals surface area contributed by atoms with Gasteiger partial charge in [-0.2, -0.15) is 5.01 Å². The van der Waals surface area contributed by atoms with Crippen molar-refractivity contribution in [3.63, 3.8) is 0 Å². The molecule has 7 rings (SSSR count). The van der Waals surface area contributed by atoms with Crippen molar-refractivity contribution in [1.29, 1.82) is 0 Å². The SMILES string of the molecule is COc1cc(O)cc(OC)c1C1C2=CCn3c(=O)n(C)c(=O)n3C2CC2C(=O)N(Nc3ccc(C)cc3)C(=O)C21c1ccccc1. The number of amides is 2. The van der Waals surface area contributed by atoms with Gasteiger partial charge in [0.1, 0.15) is 17.2 Å². The van der Waals surface area contributed by atoms with Crippen molar-refractivity contribution in [2.75, 3.05) is 19.6 Å². The summed E-state index contributed by atoms with van der Waals surface area (Å²) in [6.45, 7) is 2.02. The summed E-state index contributed by atoms with van der Waals surface area (Å²) in [6.07, 6.45) is 1.93. The summed E-state index contributed by atoms with van der Waals surface area (Å²) < 4.78 is 15.4. The molecule has 4 aromatic rings. The molecule has 2 aliphatic heterocycles. The van der Waals surface area contributed by atoms with Gasteiger partial charge < -0.3 is 14.6 Å². The predicted octanol–water partition coefficient (Wildman–Crippen LogP) is 3.00. The monoisotopic (exact) mass is 623 g/mol. The van der Waals surface area contributed by atoms with E-state index in [1.807, 2.05) is 55.5 Å². The van der Waals surface area contributed by atoms with Crippen LogP contribution in [0.5, 0.6) is 17.2 Å². The predicted molar refractivity (Wildman–Crippen MR) is 168 cm³/mol. The van der Waals surface area contributed by atoms with E-state index < -0.39 is 46.5 Å². The highest BCUT2D eigenvalue weighted by Gasteiger charge is 2.69. The van der Waals surface area contributed by atoms with Gasteiger partial charge in [0.15, 0.2) is 0 Å². The van der Waals surface area contributed by atoms with Crippen LogP contribution in [0.2, 0.25) is 0 Å². The smallest absolute Gasteiger partial charge is 0.347 e. The standard InChI is InChI=1S/C34H33N5O7/c1-19-10-12-21(13-11-19)35-38-30(41)24-18-25-23(14-15-37-32(43)36(2)33(44)39(25)37)29(28-26(45-3)16-22(40)17-27(28)46-4)34(24,31(38)42)20-8-6-5-7-9-20/h5-14,16-17,24-25,29,35,40H,15,18H2,1-4H3. The van der Waals surface area contributed by atoms with Crippen molar-refractivity contribution in [2.24, 2.45) is 13.0 Å². The number of imide groups is 1. The summed E-state index contributed by atoms with van der Waals surface area (Å²) in [4.78, 5) is 56.5. The molecule has 1 saturated carbocycles. The van der Waals surface area contributed by atoms with Crippen LogP contribution in [0.25, 0.3) is 0 Å². The molecule has 0 bridgehead atoms. The molecular formula is C34H33N5O7. The number of fused-ring (bicyclic) bond motifs is 4. The third-order valence-corrected chi connectivity index (χ3v) is 9.66. The van der Waals surface area contributed by atoms with E-state index in [2.05, 4.69) is 5.43 Å². The molecule has 2 fully saturated rings. The molecule has 4 atom stereocenters. The number of allylic oxidation sites excluding steroid dienone is 2. The lowest BCUT2D eigenvalue weighted by Gasteiger charge is -2.49. The number of ether oxygens (including phenoxy) is 2. The van der Waals surface area contributed by atoms with Crippen molar-refractivity contribution in [2.45, 2.75) is 37.3 Å². The highest BCUT2D eigenvalue weighted by Crippen LogP contribution is 2.64. The number of anilines is 1. The Hall–Kier alpha value is -5.52. The second-order valence-electron chi connectivity index (χ2n) is 11.9. The normalized spacial score (nSPS) is 23.3. The van der Waals surface area contributed by atoms with Gasteiger partial charge in [-0.05, 0) is 36.6 Å². The van der Waals surface area contributed by atoms with Gasteiger partial charge in [-0.15, -0.1) is 0 Å². The van der Waals surface area contributed by atoms with Crippen LogP contribution in [0.3, 0.4) is 0 Å². The quantitative estimate of drug-likeness (QED) is 0.247. The molecule has 3 aromatic carbocycles. The number of hydrogen-bond donors (Lipinski definition) is 2. The van der Waals surface area contributed by atoms with Crippen molar-refractivity contribution in [3.05, 3.63) is 116 Å². The van der Waals surface area contributed by atoms with Gasteiger partial charge in [-0.1, -0.05) is 54.1 Å². The van der Waals surface area contributed by atoms with Crippen molar-refractivity contribution >= 4 is 17.5 Å². The number of carbonyl (C=O) groups is 2. The Bertz CT molecular complexity index is 2020. The van der Waals surface area contributed by atoms with Gasteiger partial charge in [-0.25, -0.2) is 23.5 Å². The zero-order chi connectivity index (χ0) is 32.5. The number of aromatic nitrogens is 3. The number of nitrogens with zero attached hydrogens (tertiary/aromatic N) is 4. The average molecular weight is 624 g/mol. The zero-order valence-corrected chi connectivity index (χ0v) is 25.8. The lowest BCUT2D eigenvalue weighted by molar-refractivity contribution is -0.138. The van der Waals surface area contributed by atoms with Gasteiger partial charge in [-0.3, -0.25) is 15.0 Å². The molecule has 2 amide bonds.